The summed E-state index contributed by atoms with van der Waals surface area (Å²) >= 11 is 0. The summed E-state index contributed by atoms with van der Waals surface area (Å²) in [4.78, 5) is 11.3. The number of fused-ring (bicyclic) bond motifs is 1. The number of alkyl halides is 3. The van der Waals surface area contributed by atoms with Crippen LogP contribution in [0.3, 0.4) is 0 Å². The lowest BCUT2D eigenvalue weighted by atomic mass is 9.82. The second-order valence-electron chi connectivity index (χ2n) is 11.7. The third kappa shape index (κ3) is 7.87. The van der Waals surface area contributed by atoms with E-state index in [4.69, 9.17) is 4.98 Å². The second-order valence-corrected chi connectivity index (χ2v) is 13.6. The van der Waals surface area contributed by atoms with Crippen LogP contribution in [0.5, 0.6) is 0 Å². The highest BCUT2D eigenvalue weighted by molar-refractivity contribution is 7.89. The first-order valence-corrected chi connectivity index (χ1v) is 16.5. The molecule has 1 heterocycles. The minimum atomic E-state index is -4.59. The van der Waals surface area contributed by atoms with Crippen molar-refractivity contribution in [3.05, 3.63) is 95.6 Å². The Morgan fingerprint density at radius 3 is 2.14 bits per heavy atom. The van der Waals surface area contributed by atoms with Gasteiger partial charge in [-0.2, -0.15) is 18.2 Å². The average molecular weight is 626 g/mol. The molecule has 0 radical (unpaired) electrons. The number of benzene rings is 3. The van der Waals surface area contributed by atoms with Gasteiger partial charge < -0.3 is 10.2 Å². The molecule has 4 aromatic rings. The zero-order chi connectivity index (χ0) is 31.3. The topological polar surface area (TPSA) is 87.2 Å². The molecule has 0 spiro atoms. The van der Waals surface area contributed by atoms with E-state index in [1.54, 1.807) is 30.3 Å². The van der Waals surface area contributed by atoms with Crippen LogP contribution in [0.1, 0.15) is 48.3 Å². The van der Waals surface area contributed by atoms with Crippen LogP contribution in [0.4, 0.5) is 24.9 Å². The van der Waals surface area contributed by atoms with E-state index in [0.717, 1.165) is 55.0 Å². The quantitative estimate of drug-likeness (QED) is 0.193. The molecule has 3 aromatic carbocycles. The summed E-state index contributed by atoms with van der Waals surface area (Å²) in [6.07, 6.45) is -1.02. The van der Waals surface area contributed by atoms with Gasteiger partial charge in [0.1, 0.15) is 5.82 Å². The smallest absolute Gasteiger partial charge is 0.362 e. The molecule has 0 aliphatic heterocycles. The molecule has 2 N–H and O–H groups in total. The van der Waals surface area contributed by atoms with Gasteiger partial charge in [-0.25, -0.2) is 18.1 Å². The van der Waals surface area contributed by atoms with E-state index < -0.39 is 33.4 Å². The van der Waals surface area contributed by atoms with Crippen LogP contribution in [0.2, 0.25) is 0 Å². The van der Waals surface area contributed by atoms with E-state index in [2.05, 4.69) is 15.0 Å². The van der Waals surface area contributed by atoms with Crippen molar-refractivity contribution in [3.8, 4) is 0 Å². The van der Waals surface area contributed by atoms with E-state index in [1.165, 1.54) is 18.2 Å². The first-order chi connectivity index (χ1) is 21.0. The van der Waals surface area contributed by atoms with E-state index in [-0.39, 0.29) is 18.0 Å². The summed E-state index contributed by atoms with van der Waals surface area (Å²) in [7, 11) is 0.0335. The Bertz CT molecular complexity index is 1660. The molecule has 1 aliphatic rings. The lowest BCUT2D eigenvalue weighted by Crippen LogP contribution is -2.35. The minimum absolute atomic E-state index is 0.0438. The molecule has 1 fully saturated rings. The number of para-hydroxylation sites is 1. The van der Waals surface area contributed by atoms with Gasteiger partial charge in [0.25, 0.3) is 0 Å². The number of halogens is 3. The molecule has 5 rings (SSSR count). The lowest BCUT2D eigenvalue weighted by Gasteiger charge is -2.29. The summed E-state index contributed by atoms with van der Waals surface area (Å²) in [5, 5.41) is 4.39. The Labute approximate surface area is 257 Å². The molecule has 7 nitrogen and oxygen atoms in total. The molecule has 1 aliphatic carbocycles. The first kappa shape index (κ1) is 31.7. The predicted octanol–water partition coefficient (Wildman–Crippen LogP) is 6.68. The van der Waals surface area contributed by atoms with Gasteiger partial charge in [0.05, 0.1) is 16.8 Å². The third-order valence-electron chi connectivity index (χ3n) is 8.34. The van der Waals surface area contributed by atoms with Crippen molar-refractivity contribution in [3.63, 3.8) is 0 Å². The fourth-order valence-corrected chi connectivity index (χ4v) is 7.41. The number of rotatable bonds is 11. The molecule has 11 heteroatoms. The summed E-state index contributed by atoms with van der Waals surface area (Å²) < 4.78 is 70.8. The van der Waals surface area contributed by atoms with Gasteiger partial charge in [-0.05, 0) is 66.8 Å². The van der Waals surface area contributed by atoms with E-state index in [9.17, 15) is 21.6 Å². The third-order valence-corrected chi connectivity index (χ3v) is 9.72. The highest BCUT2D eigenvalue weighted by atomic mass is 32.2. The molecular formula is C33H38F3N5O2S. The molecule has 1 saturated carbocycles. The van der Waals surface area contributed by atoms with Crippen LogP contribution in [-0.2, 0) is 16.2 Å². The highest BCUT2D eigenvalue weighted by Crippen LogP contribution is 2.38. The van der Waals surface area contributed by atoms with Crippen molar-refractivity contribution in [2.75, 3.05) is 43.2 Å². The summed E-state index contributed by atoms with van der Waals surface area (Å²) in [6, 6.07) is 21.6. The Hall–Kier alpha value is -3.70. The maximum Gasteiger partial charge on any atom is 0.416 e. The average Bonchev–Trinajstić information content (AvgIpc) is 3.02. The van der Waals surface area contributed by atoms with E-state index in [1.807, 2.05) is 43.3 Å². The SMILES string of the molecule is CN(C)c1nc(NCC2CCC(CNS(=O)(=O)CC(c3ccccc3)c3ccccc3C(F)(F)F)CC2)nc2ccccc12. The van der Waals surface area contributed by atoms with Gasteiger partial charge >= 0.3 is 6.18 Å². The molecule has 0 bridgehead atoms. The number of hydrogen-bond acceptors (Lipinski definition) is 6. The van der Waals surface area contributed by atoms with Crippen molar-refractivity contribution in [2.45, 2.75) is 37.8 Å². The van der Waals surface area contributed by atoms with Crippen molar-refractivity contribution in [2.24, 2.45) is 11.8 Å². The Kier molecular flexibility index (Phi) is 9.75. The minimum Gasteiger partial charge on any atom is -0.362 e. The molecular weight excluding hydrogens is 587 g/mol. The Morgan fingerprint density at radius 2 is 1.45 bits per heavy atom. The van der Waals surface area contributed by atoms with Gasteiger partial charge in [0.15, 0.2) is 0 Å². The van der Waals surface area contributed by atoms with Crippen LogP contribution >= 0.6 is 0 Å². The van der Waals surface area contributed by atoms with Gasteiger partial charge in [0, 0.05) is 38.5 Å². The molecule has 1 atom stereocenters. The molecule has 0 saturated heterocycles. The molecule has 0 amide bonds. The molecule has 234 valence electrons. The lowest BCUT2D eigenvalue weighted by molar-refractivity contribution is -0.138. The molecule has 1 aromatic heterocycles. The number of nitrogens with one attached hydrogen (secondary N) is 2. The Morgan fingerprint density at radius 1 is 0.841 bits per heavy atom. The monoisotopic (exact) mass is 625 g/mol. The van der Waals surface area contributed by atoms with Crippen LogP contribution in [-0.4, -0.2) is 51.3 Å². The highest BCUT2D eigenvalue weighted by Gasteiger charge is 2.36. The van der Waals surface area contributed by atoms with Gasteiger partial charge in [0.2, 0.25) is 16.0 Å². The number of anilines is 2. The maximum atomic E-state index is 13.9. The fourth-order valence-electron chi connectivity index (χ4n) is 5.99. The zero-order valence-corrected chi connectivity index (χ0v) is 25.7. The number of nitrogens with zero attached hydrogens (tertiary/aromatic N) is 3. The van der Waals surface area contributed by atoms with Crippen LogP contribution in [0.15, 0.2) is 78.9 Å². The predicted molar refractivity (Wildman–Crippen MR) is 169 cm³/mol. The van der Waals surface area contributed by atoms with Crippen molar-refractivity contribution >= 4 is 32.7 Å². The van der Waals surface area contributed by atoms with Gasteiger partial charge in [-0.15, -0.1) is 0 Å². The largest absolute Gasteiger partial charge is 0.416 e. The van der Waals surface area contributed by atoms with Crippen LogP contribution in [0.25, 0.3) is 10.9 Å². The summed E-state index contributed by atoms with van der Waals surface area (Å²) in [5.74, 6) is 0.578. The maximum absolute atomic E-state index is 13.9. The standard InChI is InChI=1S/C33H38F3N5O2S/c1-41(2)31-27-13-7-9-15-30(27)39-32(40-31)37-20-23-16-18-24(19-17-23)21-38-44(42,43)22-28(25-10-4-3-5-11-25)26-12-6-8-14-29(26)33(34,35)36/h3-15,23-24,28,38H,16-22H2,1-2H3,(H,37,39,40). The molecule has 1 unspecified atom stereocenters. The number of aromatic nitrogens is 2. The molecule has 44 heavy (non-hydrogen) atoms. The van der Waals surface area contributed by atoms with Gasteiger partial charge in [-0.3, -0.25) is 0 Å². The van der Waals surface area contributed by atoms with E-state index in [0.29, 0.717) is 17.4 Å². The van der Waals surface area contributed by atoms with Crippen molar-refractivity contribution in [1.29, 1.82) is 0 Å². The fraction of sp³-hybridized carbons (Fsp3) is 0.394. The van der Waals surface area contributed by atoms with Crippen LogP contribution < -0.4 is 14.9 Å². The first-order valence-electron chi connectivity index (χ1n) is 14.9. The van der Waals surface area contributed by atoms with E-state index >= 15 is 0 Å². The summed E-state index contributed by atoms with van der Waals surface area (Å²) in [6.45, 7) is 0.992. The second kappa shape index (κ2) is 13.5. The zero-order valence-electron chi connectivity index (χ0n) is 24.9. The number of sulfonamides is 1. The van der Waals surface area contributed by atoms with Crippen molar-refractivity contribution in [1.82, 2.24) is 14.7 Å². The number of hydrogen-bond donors (Lipinski definition) is 2. The normalized spacial score (nSPS) is 18.2. The Balaban J connectivity index is 1.18. The summed E-state index contributed by atoms with van der Waals surface area (Å²) in [5.41, 5.74) is 0.539. The van der Waals surface area contributed by atoms with Crippen LogP contribution in [0, 0.1) is 11.8 Å². The van der Waals surface area contributed by atoms with Crippen molar-refractivity contribution < 1.29 is 21.6 Å². The van der Waals surface area contributed by atoms with Gasteiger partial charge in [-0.1, -0.05) is 60.7 Å².